The molecule has 0 radical (unpaired) electrons. The number of rotatable bonds is 3. The van der Waals surface area contributed by atoms with Gasteiger partial charge in [0.15, 0.2) is 0 Å². The van der Waals surface area contributed by atoms with Crippen molar-refractivity contribution in [3.05, 3.63) is 27.7 Å². The van der Waals surface area contributed by atoms with Gasteiger partial charge in [-0.2, -0.15) is 0 Å². The number of aryl methyl sites for hydroxylation is 2. The molecular formula is C13H19BrN2O2S. The van der Waals surface area contributed by atoms with Gasteiger partial charge in [-0.1, -0.05) is 15.9 Å². The Morgan fingerprint density at radius 1 is 1.32 bits per heavy atom. The van der Waals surface area contributed by atoms with Gasteiger partial charge in [0, 0.05) is 16.7 Å². The summed E-state index contributed by atoms with van der Waals surface area (Å²) in [6.07, 6.45) is 1.63. The fourth-order valence-electron chi connectivity index (χ4n) is 2.34. The fourth-order valence-corrected chi connectivity index (χ4v) is 3.99. The molecule has 0 spiro atoms. The summed E-state index contributed by atoms with van der Waals surface area (Å²) in [5, 5.41) is 2.79. The summed E-state index contributed by atoms with van der Waals surface area (Å²) in [7, 11) is -3.31. The second-order valence-electron chi connectivity index (χ2n) is 5.04. The van der Waals surface area contributed by atoms with E-state index in [1.807, 2.05) is 26.0 Å². The minimum Gasteiger partial charge on any atom is -0.315 e. The van der Waals surface area contributed by atoms with E-state index in [-0.39, 0.29) is 5.25 Å². The summed E-state index contributed by atoms with van der Waals surface area (Å²) < 4.78 is 28.3. The Kier molecular flexibility index (Phi) is 4.53. The molecule has 1 heterocycles. The molecule has 106 valence electrons. The molecule has 1 atom stereocenters. The zero-order chi connectivity index (χ0) is 14.0. The quantitative estimate of drug-likeness (QED) is 0.884. The lowest BCUT2D eigenvalue weighted by Gasteiger charge is -2.23. The average Bonchev–Trinajstić information content (AvgIpc) is 2.36. The third-order valence-electron chi connectivity index (χ3n) is 3.39. The summed E-state index contributed by atoms with van der Waals surface area (Å²) in [4.78, 5) is 0. The minimum absolute atomic E-state index is 0.342. The predicted molar refractivity (Wildman–Crippen MR) is 82.1 cm³/mol. The van der Waals surface area contributed by atoms with Crippen LogP contribution < -0.4 is 10.0 Å². The smallest absolute Gasteiger partial charge is 0.236 e. The van der Waals surface area contributed by atoms with Crippen LogP contribution in [0.15, 0.2) is 16.6 Å². The maximum Gasteiger partial charge on any atom is 0.236 e. The van der Waals surface area contributed by atoms with Crippen LogP contribution >= 0.6 is 15.9 Å². The maximum atomic E-state index is 12.3. The minimum atomic E-state index is -3.31. The van der Waals surface area contributed by atoms with E-state index in [9.17, 15) is 8.42 Å². The molecule has 0 aromatic heterocycles. The lowest BCUT2D eigenvalue weighted by atomic mass is 10.1. The number of piperidine rings is 1. The lowest BCUT2D eigenvalue weighted by molar-refractivity contribution is 0.499. The van der Waals surface area contributed by atoms with Crippen LogP contribution in [0.1, 0.15) is 24.0 Å². The van der Waals surface area contributed by atoms with Crippen molar-refractivity contribution in [1.82, 2.24) is 5.32 Å². The van der Waals surface area contributed by atoms with Crippen LogP contribution in [0, 0.1) is 13.8 Å². The Bertz CT molecular complexity index is 543. The van der Waals surface area contributed by atoms with E-state index in [2.05, 4.69) is 26.0 Å². The van der Waals surface area contributed by atoms with Crippen LogP contribution in [0.3, 0.4) is 0 Å². The maximum absolute atomic E-state index is 12.3. The van der Waals surface area contributed by atoms with E-state index in [1.165, 1.54) is 0 Å². The predicted octanol–water partition coefficient (Wildman–Crippen LogP) is 2.56. The van der Waals surface area contributed by atoms with Crippen LogP contribution in [-0.4, -0.2) is 26.8 Å². The fraction of sp³-hybridized carbons (Fsp3) is 0.538. The van der Waals surface area contributed by atoms with E-state index in [0.29, 0.717) is 12.2 Å². The van der Waals surface area contributed by atoms with Crippen molar-refractivity contribution in [2.24, 2.45) is 0 Å². The van der Waals surface area contributed by atoms with Crippen molar-refractivity contribution in [3.8, 4) is 0 Å². The van der Waals surface area contributed by atoms with Crippen molar-refractivity contribution >= 4 is 31.6 Å². The molecule has 1 saturated heterocycles. The van der Waals surface area contributed by atoms with Crippen molar-refractivity contribution in [1.29, 1.82) is 0 Å². The topological polar surface area (TPSA) is 58.2 Å². The Morgan fingerprint density at radius 3 is 2.47 bits per heavy atom. The molecule has 0 amide bonds. The van der Waals surface area contributed by atoms with Gasteiger partial charge < -0.3 is 5.32 Å². The number of halogens is 1. The van der Waals surface area contributed by atoms with E-state index >= 15 is 0 Å². The van der Waals surface area contributed by atoms with Crippen molar-refractivity contribution in [2.45, 2.75) is 31.9 Å². The molecule has 6 heteroatoms. The average molecular weight is 347 g/mol. The van der Waals surface area contributed by atoms with Gasteiger partial charge in [-0.15, -0.1) is 0 Å². The Balaban J connectivity index is 2.20. The highest BCUT2D eigenvalue weighted by Gasteiger charge is 2.27. The molecule has 1 aromatic carbocycles. The number of hydrogen-bond donors (Lipinski definition) is 2. The lowest BCUT2D eigenvalue weighted by Crippen LogP contribution is -2.41. The van der Waals surface area contributed by atoms with Crippen LogP contribution in [0.2, 0.25) is 0 Å². The Labute approximate surface area is 123 Å². The molecule has 0 aliphatic carbocycles. The van der Waals surface area contributed by atoms with Crippen molar-refractivity contribution < 1.29 is 8.42 Å². The Hall–Kier alpha value is -0.590. The highest BCUT2D eigenvalue weighted by molar-refractivity contribution is 9.10. The van der Waals surface area contributed by atoms with Gasteiger partial charge in [0.1, 0.15) is 0 Å². The third kappa shape index (κ3) is 3.49. The van der Waals surface area contributed by atoms with Crippen molar-refractivity contribution in [3.63, 3.8) is 0 Å². The molecule has 0 saturated carbocycles. The molecule has 2 rings (SSSR count). The molecule has 4 nitrogen and oxygen atoms in total. The summed E-state index contributed by atoms with van der Waals surface area (Å²) in [5.41, 5.74) is 2.70. The van der Waals surface area contributed by atoms with Crippen LogP contribution in [0.5, 0.6) is 0 Å². The zero-order valence-corrected chi connectivity index (χ0v) is 13.6. The molecule has 19 heavy (non-hydrogen) atoms. The summed E-state index contributed by atoms with van der Waals surface area (Å²) in [6.45, 7) is 5.35. The second-order valence-corrected chi connectivity index (χ2v) is 7.79. The molecular weight excluding hydrogens is 328 g/mol. The molecule has 0 bridgehead atoms. The van der Waals surface area contributed by atoms with Gasteiger partial charge in [0.25, 0.3) is 0 Å². The highest BCUT2D eigenvalue weighted by Crippen LogP contribution is 2.26. The first-order valence-electron chi connectivity index (χ1n) is 6.39. The largest absolute Gasteiger partial charge is 0.315 e. The second kappa shape index (κ2) is 5.81. The summed E-state index contributed by atoms with van der Waals surface area (Å²) in [6, 6.07) is 3.70. The first-order chi connectivity index (χ1) is 8.90. The number of nitrogens with one attached hydrogen (secondary N) is 2. The van der Waals surface area contributed by atoms with Crippen LogP contribution in [0.4, 0.5) is 5.69 Å². The van der Waals surface area contributed by atoms with Crippen molar-refractivity contribution in [2.75, 3.05) is 17.8 Å². The number of sulfonamides is 1. The number of hydrogen-bond acceptors (Lipinski definition) is 3. The third-order valence-corrected chi connectivity index (χ3v) is 6.44. The molecule has 1 aliphatic heterocycles. The molecule has 1 unspecified atom stereocenters. The van der Waals surface area contributed by atoms with Gasteiger partial charge in [-0.3, -0.25) is 4.72 Å². The van der Waals surface area contributed by atoms with Gasteiger partial charge in [0.2, 0.25) is 10.0 Å². The molecule has 1 aliphatic rings. The molecule has 1 fully saturated rings. The zero-order valence-electron chi connectivity index (χ0n) is 11.2. The molecule has 1 aromatic rings. The van der Waals surface area contributed by atoms with Crippen LogP contribution in [-0.2, 0) is 10.0 Å². The van der Waals surface area contributed by atoms with E-state index < -0.39 is 10.0 Å². The summed E-state index contributed by atoms with van der Waals surface area (Å²) in [5.74, 6) is 0. The van der Waals surface area contributed by atoms with Gasteiger partial charge in [-0.05, 0) is 56.5 Å². The monoisotopic (exact) mass is 346 g/mol. The van der Waals surface area contributed by atoms with E-state index in [4.69, 9.17) is 0 Å². The normalized spacial score (nSPS) is 20.3. The van der Waals surface area contributed by atoms with Gasteiger partial charge >= 0.3 is 0 Å². The number of anilines is 1. The first kappa shape index (κ1) is 14.8. The van der Waals surface area contributed by atoms with Gasteiger partial charge in [0.05, 0.1) is 5.25 Å². The Morgan fingerprint density at radius 2 is 1.95 bits per heavy atom. The first-order valence-corrected chi connectivity index (χ1v) is 8.73. The standard InChI is InChI=1S/C13H19BrN2O2S/c1-9-6-11(7-10(2)13(9)14)16-19(17,18)12-4-3-5-15-8-12/h6-7,12,15-16H,3-5,8H2,1-2H3. The van der Waals surface area contributed by atoms with E-state index in [1.54, 1.807) is 0 Å². The van der Waals surface area contributed by atoms with Crippen LogP contribution in [0.25, 0.3) is 0 Å². The SMILES string of the molecule is Cc1cc(NS(=O)(=O)C2CCCNC2)cc(C)c1Br. The van der Waals surface area contributed by atoms with E-state index in [0.717, 1.165) is 35.0 Å². The number of benzene rings is 1. The summed E-state index contributed by atoms with van der Waals surface area (Å²) >= 11 is 3.48. The van der Waals surface area contributed by atoms with Gasteiger partial charge in [-0.25, -0.2) is 8.42 Å². The molecule has 2 N–H and O–H groups in total. The highest BCUT2D eigenvalue weighted by atomic mass is 79.9.